The van der Waals surface area contributed by atoms with Crippen LogP contribution in [0.3, 0.4) is 0 Å². The fourth-order valence-corrected chi connectivity index (χ4v) is 2.62. The molecule has 0 spiro atoms. The van der Waals surface area contributed by atoms with Crippen LogP contribution >= 0.6 is 11.6 Å². The second kappa shape index (κ2) is 7.74. The number of hydrogen-bond acceptors (Lipinski definition) is 3. The molecule has 0 aliphatic heterocycles. The summed E-state index contributed by atoms with van der Waals surface area (Å²) in [5.41, 5.74) is 7.03. The lowest BCUT2D eigenvalue weighted by atomic mass is 10.0. The normalized spacial score (nSPS) is 14.8. The highest BCUT2D eigenvalue weighted by atomic mass is 35.5. The monoisotopic (exact) mass is 270 g/mol. The maximum absolute atomic E-state index is 6.27. The lowest BCUT2D eigenvalue weighted by Crippen LogP contribution is -2.42. The average molecular weight is 271 g/mol. The molecule has 0 saturated carbocycles. The SMILES string of the molecule is CCN(C(C)COC)C(CN)c1ccccc1Cl. The van der Waals surface area contributed by atoms with Gasteiger partial charge in [0.15, 0.2) is 0 Å². The molecule has 2 unspecified atom stereocenters. The van der Waals surface area contributed by atoms with E-state index < -0.39 is 0 Å². The van der Waals surface area contributed by atoms with Crippen LogP contribution < -0.4 is 5.73 Å². The molecule has 2 atom stereocenters. The molecule has 18 heavy (non-hydrogen) atoms. The van der Waals surface area contributed by atoms with E-state index in [2.05, 4.69) is 18.7 Å². The molecule has 4 heteroatoms. The zero-order chi connectivity index (χ0) is 13.5. The van der Waals surface area contributed by atoms with Gasteiger partial charge in [0.25, 0.3) is 0 Å². The van der Waals surface area contributed by atoms with Gasteiger partial charge in [-0.25, -0.2) is 0 Å². The van der Waals surface area contributed by atoms with Crippen LogP contribution in [0.4, 0.5) is 0 Å². The molecule has 0 fully saturated rings. The van der Waals surface area contributed by atoms with Crippen molar-refractivity contribution < 1.29 is 4.74 Å². The van der Waals surface area contributed by atoms with Gasteiger partial charge in [0.1, 0.15) is 0 Å². The first-order valence-electron chi connectivity index (χ1n) is 6.34. The van der Waals surface area contributed by atoms with Crippen LogP contribution in [0, 0.1) is 0 Å². The molecule has 1 rings (SSSR count). The fourth-order valence-electron chi connectivity index (χ4n) is 2.36. The summed E-state index contributed by atoms with van der Waals surface area (Å²) in [6.45, 7) is 6.43. The van der Waals surface area contributed by atoms with Gasteiger partial charge >= 0.3 is 0 Å². The van der Waals surface area contributed by atoms with Crippen LogP contribution in [0.15, 0.2) is 24.3 Å². The second-order valence-corrected chi connectivity index (χ2v) is 4.82. The topological polar surface area (TPSA) is 38.5 Å². The van der Waals surface area contributed by atoms with Crippen molar-refractivity contribution in [3.63, 3.8) is 0 Å². The van der Waals surface area contributed by atoms with Gasteiger partial charge in [0.2, 0.25) is 0 Å². The Hall–Kier alpha value is -0.610. The van der Waals surface area contributed by atoms with E-state index in [9.17, 15) is 0 Å². The van der Waals surface area contributed by atoms with Crippen LogP contribution in [0.25, 0.3) is 0 Å². The molecule has 0 radical (unpaired) electrons. The molecule has 0 amide bonds. The Balaban J connectivity index is 2.96. The number of rotatable bonds is 7. The van der Waals surface area contributed by atoms with Gasteiger partial charge in [-0.05, 0) is 25.1 Å². The number of likely N-dealkylation sites (N-methyl/N-ethyl adjacent to an activating group) is 1. The minimum atomic E-state index is 0.133. The maximum atomic E-state index is 6.27. The van der Waals surface area contributed by atoms with Crippen molar-refractivity contribution in [3.8, 4) is 0 Å². The van der Waals surface area contributed by atoms with E-state index in [0.29, 0.717) is 19.2 Å². The van der Waals surface area contributed by atoms with Crippen molar-refractivity contribution in [2.75, 3.05) is 26.8 Å². The molecule has 3 nitrogen and oxygen atoms in total. The van der Waals surface area contributed by atoms with E-state index in [1.165, 1.54) is 0 Å². The average Bonchev–Trinajstić information content (AvgIpc) is 2.37. The van der Waals surface area contributed by atoms with Crippen LogP contribution in [-0.2, 0) is 4.74 Å². The summed E-state index contributed by atoms with van der Waals surface area (Å²) in [5.74, 6) is 0. The van der Waals surface area contributed by atoms with Gasteiger partial charge in [0, 0.05) is 30.8 Å². The van der Waals surface area contributed by atoms with Gasteiger partial charge < -0.3 is 10.5 Å². The molecule has 0 aliphatic rings. The van der Waals surface area contributed by atoms with Crippen molar-refractivity contribution in [2.24, 2.45) is 5.73 Å². The van der Waals surface area contributed by atoms with Crippen molar-refractivity contribution in [1.29, 1.82) is 0 Å². The quantitative estimate of drug-likeness (QED) is 0.828. The minimum Gasteiger partial charge on any atom is -0.383 e. The Morgan fingerprint density at radius 2 is 2.06 bits per heavy atom. The number of hydrogen-bond donors (Lipinski definition) is 1. The second-order valence-electron chi connectivity index (χ2n) is 4.41. The largest absolute Gasteiger partial charge is 0.383 e. The molecule has 0 heterocycles. The van der Waals surface area contributed by atoms with E-state index in [4.69, 9.17) is 22.1 Å². The lowest BCUT2D eigenvalue weighted by molar-refractivity contribution is 0.0752. The molecule has 0 bridgehead atoms. The van der Waals surface area contributed by atoms with Gasteiger partial charge in [-0.3, -0.25) is 4.90 Å². The maximum Gasteiger partial charge on any atom is 0.0615 e. The first-order chi connectivity index (χ1) is 8.65. The highest BCUT2D eigenvalue weighted by Crippen LogP contribution is 2.28. The first kappa shape index (κ1) is 15.4. The highest BCUT2D eigenvalue weighted by Gasteiger charge is 2.23. The van der Waals surface area contributed by atoms with E-state index >= 15 is 0 Å². The van der Waals surface area contributed by atoms with E-state index in [-0.39, 0.29) is 6.04 Å². The summed E-state index contributed by atoms with van der Waals surface area (Å²) in [7, 11) is 1.72. The van der Waals surface area contributed by atoms with Gasteiger partial charge in [-0.15, -0.1) is 0 Å². The number of methoxy groups -OCH3 is 1. The predicted octanol–water partition coefficient (Wildman–Crippen LogP) is 2.70. The Labute approximate surface area is 115 Å². The molecule has 102 valence electrons. The molecule has 2 N–H and O–H groups in total. The third kappa shape index (κ3) is 3.69. The van der Waals surface area contributed by atoms with Crippen molar-refractivity contribution >= 4 is 11.6 Å². The summed E-state index contributed by atoms with van der Waals surface area (Å²) in [4.78, 5) is 2.32. The van der Waals surface area contributed by atoms with Crippen LogP contribution in [0.2, 0.25) is 5.02 Å². The zero-order valence-electron chi connectivity index (χ0n) is 11.4. The third-order valence-electron chi connectivity index (χ3n) is 3.23. The van der Waals surface area contributed by atoms with Crippen molar-refractivity contribution in [1.82, 2.24) is 4.90 Å². The molecule has 1 aromatic rings. The Kier molecular flexibility index (Phi) is 6.65. The minimum absolute atomic E-state index is 0.133. The van der Waals surface area contributed by atoms with E-state index in [0.717, 1.165) is 17.1 Å². The van der Waals surface area contributed by atoms with E-state index in [1.54, 1.807) is 7.11 Å². The van der Waals surface area contributed by atoms with Gasteiger partial charge in [-0.1, -0.05) is 36.7 Å². The number of benzene rings is 1. The summed E-state index contributed by atoms with van der Waals surface area (Å²) in [6.07, 6.45) is 0. The molecule has 1 aromatic carbocycles. The van der Waals surface area contributed by atoms with Gasteiger partial charge in [-0.2, -0.15) is 0 Å². The number of halogens is 1. The fraction of sp³-hybridized carbons (Fsp3) is 0.571. The molecular weight excluding hydrogens is 248 g/mol. The molecular formula is C14H23ClN2O. The number of nitrogens with two attached hydrogens (primary N) is 1. The summed E-state index contributed by atoms with van der Waals surface area (Å²) < 4.78 is 5.23. The summed E-state index contributed by atoms with van der Waals surface area (Å²) in [6, 6.07) is 8.34. The smallest absolute Gasteiger partial charge is 0.0615 e. The van der Waals surface area contributed by atoms with Gasteiger partial charge in [0.05, 0.1) is 6.61 Å². The summed E-state index contributed by atoms with van der Waals surface area (Å²) in [5, 5.41) is 0.774. The Morgan fingerprint density at radius 1 is 1.39 bits per heavy atom. The number of nitrogens with zero attached hydrogens (tertiary/aromatic N) is 1. The molecule has 0 aromatic heterocycles. The number of ether oxygens (including phenoxy) is 1. The standard InChI is InChI=1S/C14H23ClN2O/c1-4-17(11(2)10-18-3)14(9-16)12-7-5-6-8-13(12)15/h5-8,11,14H,4,9-10,16H2,1-3H3. The lowest BCUT2D eigenvalue weighted by Gasteiger charge is -2.35. The van der Waals surface area contributed by atoms with Crippen molar-refractivity contribution in [3.05, 3.63) is 34.9 Å². The predicted molar refractivity (Wildman–Crippen MR) is 77.0 cm³/mol. The highest BCUT2D eigenvalue weighted by molar-refractivity contribution is 6.31. The van der Waals surface area contributed by atoms with Crippen LogP contribution in [0.5, 0.6) is 0 Å². The Bertz CT molecular complexity index is 359. The van der Waals surface area contributed by atoms with Crippen molar-refractivity contribution in [2.45, 2.75) is 25.9 Å². The molecule has 0 aliphatic carbocycles. The molecule has 0 saturated heterocycles. The zero-order valence-corrected chi connectivity index (χ0v) is 12.2. The van der Waals surface area contributed by atoms with E-state index in [1.807, 2.05) is 24.3 Å². The Morgan fingerprint density at radius 3 is 2.56 bits per heavy atom. The first-order valence-corrected chi connectivity index (χ1v) is 6.72. The third-order valence-corrected chi connectivity index (χ3v) is 3.57. The van der Waals surface area contributed by atoms with Crippen LogP contribution in [0.1, 0.15) is 25.5 Å². The summed E-state index contributed by atoms with van der Waals surface area (Å²) >= 11 is 6.27. The van der Waals surface area contributed by atoms with Crippen LogP contribution in [-0.4, -0.2) is 37.7 Å².